The number of alkyl halides is 1. The SMILES string of the molecule is CC(Cl)c1nc2ccc(F)cc2n1CCN(C)C. The van der Waals surface area contributed by atoms with Gasteiger partial charge in [-0.25, -0.2) is 9.37 Å². The van der Waals surface area contributed by atoms with Crippen LogP contribution in [0.15, 0.2) is 18.2 Å². The molecule has 2 rings (SSSR count). The molecule has 0 N–H and O–H groups in total. The molecular weight excluding hydrogens is 253 g/mol. The van der Waals surface area contributed by atoms with Crippen LogP contribution in [0.1, 0.15) is 18.1 Å². The van der Waals surface area contributed by atoms with Gasteiger partial charge in [0.05, 0.1) is 16.4 Å². The Morgan fingerprint density at radius 2 is 2.17 bits per heavy atom. The largest absolute Gasteiger partial charge is 0.325 e. The van der Waals surface area contributed by atoms with E-state index < -0.39 is 0 Å². The van der Waals surface area contributed by atoms with Crippen molar-refractivity contribution in [2.75, 3.05) is 20.6 Å². The predicted molar refractivity (Wildman–Crippen MR) is 72.5 cm³/mol. The van der Waals surface area contributed by atoms with E-state index in [-0.39, 0.29) is 11.2 Å². The summed E-state index contributed by atoms with van der Waals surface area (Å²) < 4.78 is 15.3. The zero-order valence-corrected chi connectivity index (χ0v) is 11.6. The van der Waals surface area contributed by atoms with E-state index in [1.807, 2.05) is 25.6 Å². The van der Waals surface area contributed by atoms with Gasteiger partial charge in [-0.15, -0.1) is 11.6 Å². The molecule has 3 nitrogen and oxygen atoms in total. The second kappa shape index (κ2) is 5.24. The molecule has 1 unspecified atom stereocenters. The highest BCUT2D eigenvalue weighted by Crippen LogP contribution is 2.25. The van der Waals surface area contributed by atoms with Crippen molar-refractivity contribution in [3.05, 3.63) is 29.8 Å². The van der Waals surface area contributed by atoms with Gasteiger partial charge in [0.25, 0.3) is 0 Å². The summed E-state index contributed by atoms with van der Waals surface area (Å²) in [6.45, 7) is 3.49. The fourth-order valence-corrected chi connectivity index (χ4v) is 2.12. The average Bonchev–Trinajstić information content (AvgIpc) is 2.64. The lowest BCUT2D eigenvalue weighted by Gasteiger charge is -2.14. The number of benzene rings is 1. The van der Waals surface area contributed by atoms with E-state index in [1.165, 1.54) is 12.1 Å². The van der Waals surface area contributed by atoms with Crippen LogP contribution in [0.25, 0.3) is 11.0 Å². The Hall–Kier alpha value is -1.13. The van der Waals surface area contributed by atoms with Gasteiger partial charge in [-0.2, -0.15) is 0 Å². The minimum atomic E-state index is -0.248. The van der Waals surface area contributed by atoms with Gasteiger partial charge >= 0.3 is 0 Å². The molecule has 0 radical (unpaired) electrons. The number of imidazole rings is 1. The van der Waals surface area contributed by atoms with Crippen molar-refractivity contribution < 1.29 is 4.39 Å². The molecule has 0 saturated carbocycles. The summed E-state index contributed by atoms with van der Waals surface area (Å²) in [5.41, 5.74) is 1.59. The first-order chi connectivity index (χ1) is 8.49. The van der Waals surface area contributed by atoms with Crippen molar-refractivity contribution in [2.24, 2.45) is 0 Å². The van der Waals surface area contributed by atoms with Gasteiger partial charge in [0.15, 0.2) is 0 Å². The van der Waals surface area contributed by atoms with Crippen LogP contribution in [0.3, 0.4) is 0 Å². The van der Waals surface area contributed by atoms with Gasteiger partial charge in [-0.1, -0.05) is 0 Å². The Morgan fingerprint density at radius 1 is 1.44 bits per heavy atom. The summed E-state index contributed by atoms with van der Waals surface area (Å²) in [5, 5.41) is -0.192. The quantitative estimate of drug-likeness (QED) is 0.796. The highest BCUT2D eigenvalue weighted by atomic mass is 35.5. The molecule has 18 heavy (non-hydrogen) atoms. The van der Waals surface area contributed by atoms with E-state index in [9.17, 15) is 4.39 Å². The molecular formula is C13H17ClFN3. The number of hydrogen-bond acceptors (Lipinski definition) is 2. The van der Waals surface area contributed by atoms with E-state index in [0.717, 1.165) is 29.9 Å². The molecule has 98 valence electrons. The van der Waals surface area contributed by atoms with Crippen molar-refractivity contribution in [1.82, 2.24) is 14.5 Å². The zero-order valence-electron chi connectivity index (χ0n) is 10.8. The number of halogens is 2. The molecule has 0 aliphatic rings. The molecule has 1 atom stereocenters. The van der Waals surface area contributed by atoms with Crippen LogP contribution in [0.4, 0.5) is 4.39 Å². The molecule has 1 aromatic carbocycles. The van der Waals surface area contributed by atoms with Gasteiger partial charge in [0.2, 0.25) is 0 Å². The monoisotopic (exact) mass is 269 g/mol. The smallest absolute Gasteiger partial charge is 0.127 e. The van der Waals surface area contributed by atoms with Crippen LogP contribution in [0.5, 0.6) is 0 Å². The molecule has 0 spiro atoms. The maximum Gasteiger partial charge on any atom is 0.127 e. The van der Waals surface area contributed by atoms with Gasteiger partial charge in [-0.05, 0) is 39.2 Å². The van der Waals surface area contributed by atoms with Gasteiger partial charge in [0, 0.05) is 13.1 Å². The van der Waals surface area contributed by atoms with E-state index in [1.54, 1.807) is 6.07 Å². The molecule has 0 fully saturated rings. The summed E-state index contributed by atoms with van der Waals surface area (Å²) in [5.74, 6) is 0.543. The number of likely N-dealkylation sites (N-methyl/N-ethyl adjacent to an activating group) is 1. The van der Waals surface area contributed by atoms with Crippen LogP contribution >= 0.6 is 11.6 Å². The molecule has 5 heteroatoms. The fourth-order valence-electron chi connectivity index (χ4n) is 1.95. The lowest BCUT2D eigenvalue weighted by Crippen LogP contribution is -2.19. The summed E-state index contributed by atoms with van der Waals surface area (Å²) in [6, 6.07) is 4.63. The highest BCUT2D eigenvalue weighted by molar-refractivity contribution is 6.20. The van der Waals surface area contributed by atoms with Gasteiger partial charge in [0.1, 0.15) is 11.6 Å². The summed E-state index contributed by atoms with van der Waals surface area (Å²) >= 11 is 6.14. The Balaban J connectivity index is 2.50. The Kier molecular flexibility index (Phi) is 3.88. The summed E-state index contributed by atoms with van der Waals surface area (Å²) in [6.07, 6.45) is 0. The summed E-state index contributed by atoms with van der Waals surface area (Å²) in [7, 11) is 4.01. The van der Waals surface area contributed by atoms with E-state index in [0.29, 0.717) is 0 Å². The Bertz CT molecular complexity index is 548. The molecule has 0 aliphatic carbocycles. The van der Waals surface area contributed by atoms with Crippen molar-refractivity contribution >= 4 is 22.6 Å². The number of nitrogens with zero attached hydrogens (tertiary/aromatic N) is 3. The fraction of sp³-hybridized carbons (Fsp3) is 0.462. The Morgan fingerprint density at radius 3 is 2.78 bits per heavy atom. The van der Waals surface area contributed by atoms with Crippen LogP contribution in [-0.2, 0) is 6.54 Å². The first-order valence-electron chi connectivity index (χ1n) is 5.93. The second-order valence-corrected chi connectivity index (χ2v) is 5.33. The third-order valence-electron chi connectivity index (χ3n) is 2.87. The third kappa shape index (κ3) is 2.65. The molecule has 0 bridgehead atoms. The predicted octanol–water partition coefficient (Wildman–Crippen LogP) is 3.04. The van der Waals surface area contributed by atoms with E-state index >= 15 is 0 Å². The van der Waals surface area contributed by atoms with Crippen molar-refractivity contribution in [3.63, 3.8) is 0 Å². The minimum Gasteiger partial charge on any atom is -0.325 e. The van der Waals surface area contributed by atoms with E-state index in [2.05, 4.69) is 9.88 Å². The minimum absolute atomic E-state index is 0.192. The average molecular weight is 270 g/mol. The Labute approximate surface area is 111 Å². The lowest BCUT2D eigenvalue weighted by molar-refractivity contribution is 0.383. The van der Waals surface area contributed by atoms with Crippen LogP contribution in [0, 0.1) is 5.82 Å². The molecule has 1 aromatic heterocycles. The number of aromatic nitrogens is 2. The molecule has 0 aliphatic heterocycles. The summed E-state index contributed by atoms with van der Waals surface area (Å²) in [4.78, 5) is 6.55. The highest BCUT2D eigenvalue weighted by Gasteiger charge is 2.15. The van der Waals surface area contributed by atoms with Gasteiger partial charge < -0.3 is 9.47 Å². The molecule has 0 amide bonds. The second-order valence-electron chi connectivity index (χ2n) is 4.67. The number of hydrogen-bond donors (Lipinski definition) is 0. The first-order valence-corrected chi connectivity index (χ1v) is 6.37. The van der Waals surface area contributed by atoms with Crippen LogP contribution < -0.4 is 0 Å². The maximum atomic E-state index is 13.3. The normalized spacial score (nSPS) is 13.4. The third-order valence-corrected chi connectivity index (χ3v) is 3.06. The lowest BCUT2D eigenvalue weighted by atomic mass is 10.3. The molecule has 0 saturated heterocycles. The standard InChI is InChI=1S/C13H17ClFN3/c1-9(14)13-16-11-5-4-10(15)8-12(11)18(13)7-6-17(2)3/h4-5,8-9H,6-7H2,1-3H3. The van der Waals surface area contributed by atoms with Crippen LogP contribution in [-0.4, -0.2) is 35.1 Å². The van der Waals surface area contributed by atoms with Crippen molar-refractivity contribution in [3.8, 4) is 0 Å². The van der Waals surface area contributed by atoms with Crippen LogP contribution in [0.2, 0.25) is 0 Å². The molecule has 2 aromatic rings. The first kappa shape index (κ1) is 13.3. The topological polar surface area (TPSA) is 21.1 Å². The molecule has 1 heterocycles. The van der Waals surface area contributed by atoms with E-state index in [4.69, 9.17) is 11.6 Å². The van der Waals surface area contributed by atoms with Crippen molar-refractivity contribution in [2.45, 2.75) is 18.8 Å². The number of rotatable bonds is 4. The maximum absolute atomic E-state index is 13.3. The zero-order chi connectivity index (χ0) is 13.3. The van der Waals surface area contributed by atoms with Crippen molar-refractivity contribution in [1.29, 1.82) is 0 Å². The number of fused-ring (bicyclic) bond motifs is 1. The van der Waals surface area contributed by atoms with Gasteiger partial charge in [-0.3, -0.25) is 0 Å².